The number of halogens is 1. The van der Waals surface area contributed by atoms with Gasteiger partial charge in [0.15, 0.2) is 0 Å². The second kappa shape index (κ2) is 8.64. The Labute approximate surface area is 174 Å². The second-order valence-corrected chi connectivity index (χ2v) is 7.61. The highest BCUT2D eigenvalue weighted by Gasteiger charge is 2.24. The molecule has 2 aliphatic heterocycles. The van der Waals surface area contributed by atoms with Gasteiger partial charge < -0.3 is 9.64 Å². The highest BCUT2D eigenvalue weighted by molar-refractivity contribution is 5.93. The number of esters is 1. The summed E-state index contributed by atoms with van der Waals surface area (Å²) in [6.07, 6.45) is 1.06. The Bertz CT molecular complexity index is 1020. The van der Waals surface area contributed by atoms with Gasteiger partial charge in [0.05, 0.1) is 18.6 Å². The molecule has 0 N–H and O–H groups in total. The van der Waals surface area contributed by atoms with Crippen LogP contribution in [0.4, 0.5) is 10.1 Å². The van der Waals surface area contributed by atoms with Gasteiger partial charge in [-0.15, -0.1) is 0 Å². The minimum absolute atomic E-state index is 0.0606. The summed E-state index contributed by atoms with van der Waals surface area (Å²) in [5.74, 6) is -0.701. The van der Waals surface area contributed by atoms with Crippen molar-refractivity contribution in [3.8, 4) is 0 Å². The SMILES string of the molecule is [C-]#[N+]c1cc(CCN2CCN(C(=O)Cc3ccc4c(c3)COC4=O)CC2)ccc1F. The van der Waals surface area contributed by atoms with Crippen molar-refractivity contribution in [2.24, 2.45) is 0 Å². The number of nitrogens with zero attached hydrogens (tertiary/aromatic N) is 3. The number of carbonyl (C=O) groups excluding carboxylic acids is 2. The molecule has 154 valence electrons. The fourth-order valence-electron chi connectivity index (χ4n) is 3.89. The molecule has 0 atom stereocenters. The first-order chi connectivity index (χ1) is 14.5. The van der Waals surface area contributed by atoms with E-state index in [1.165, 1.54) is 6.07 Å². The molecule has 1 saturated heterocycles. The normalized spacial score (nSPS) is 16.1. The lowest BCUT2D eigenvalue weighted by Gasteiger charge is -2.35. The Morgan fingerprint density at radius 3 is 2.63 bits per heavy atom. The van der Waals surface area contributed by atoms with Crippen molar-refractivity contribution in [3.05, 3.63) is 75.9 Å². The van der Waals surface area contributed by atoms with Crippen LogP contribution < -0.4 is 0 Å². The van der Waals surface area contributed by atoms with Gasteiger partial charge in [-0.25, -0.2) is 14.0 Å². The molecular weight excluding hydrogens is 385 g/mol. The molecule has 2 aromatic carbocycles. The molecule has 2 aromatic rings. The van der Waals surface area contributed by atoms with Crippen LogP contribution in [0.5, 0.6) is 0 Å². The maximum Gasteiger partial charge on any atom is 0.338 e. The third-order valence-electron chi connectivity index (χ3n) is 5.68. The molecule has 30 heavy (non-hydrogen) atoms. The van der Waals surface area contributed by atoms with Crippen LogP contribution in [-0.2, 0) is 29.0 Å². The summed E-state index contributed by atoms with van der Waals surface area (Å²) in [7, 11) is 0. The van der Waals surface area contributed by atoms with Gasteiger partial charge in [0.25, 0.3) is 0 Å². The van der Waals surface area contributed by atoms with Crippen molar-refractivity contribution in [1.29, 1.82) is 0 Å². The van der Waals surface area contributed by atoms with Gasteiger partial charge in [0.1, 0.15) is 12.4 Å². The molecule has 0 saturated carbocycles. The van der Waals surface area contributed by atoms with E-state index in [0.717, 1.165) is 42.7 Å². The number of hydrogen-bond acceptors (Lipinski definition) is 4. The number of benzene rings is 2. The summed E-state index contributed by atoms with van der Waals surface area (Å²) in [5.41, 5.74) is 3.33. The fourth-order valence-corrected chi connectivity index (χ4v) is 3.89. The van der Waals surface area contributed by atoms with E-state index < -0.39 is 5.82 Å². The maximum absolute atomic E-state index is 13.4. The van der Waals surface area contributed by atoms with Crippen LogP contribution in [-0.4, -0.2) is 54.4 Å². The van der Waals surface area contributed by atoms with Crippen LogP contribution in [0, 0.1) is 12.4 Å². The van der Waals surface area contributed by atoms with Crippen LogP contribution in [0.25, 0.3) is 4.85 Å². The maximum atomic E-state index is 13.4. The zero-order valence-corrected chi connectivity index (χ0v) is 16.6. The van der Waals surface area contributed by atoms with E-state index in [9.17, 15) is 14.0 Å². The van der Waals surface area contributed by atoms with E-state index in [0.29, 0.717) is 25.1 Å². The number of piperazine rings is 1. The molecule has 6 nitrogen and oxygen atoms in total. The van der Waals surface area contributed by atoms with Gasteiger partial charge in [-0.3, -0.25) is 9.69 Å². The Morgan fingerprint density at radius 2 is 1.87 bits per heavy atom. The van der Waals surface area contributed by atoms with Gasteiger partial charge in [0, 0.05) is 38.3 Å². The van der Waals surface area contributed by atoms with Gasteiger partial charge in [-0.1, -0.05) is 29.8 Å². The molecule has 7 heteroatoms. The van der Waals surface area contributed by atoms with Crippen LogP contribution in [0.1, 0.15) is 27.0 Å². The zero-order valence-electron chi connectivity index (χ0n) is 16.6. The zero-order chi connectivity index (χ0) is 21.1. The number of rotatable bonds is 5. The first-order valence-electron chi connectivity index (χ1n) is 9.98. The summed E-state index contributed by atoms with van der Waals surface area (Å²) < 4.78 is 18.5. The molecule has 1 amide bonds. The lowest BCUT2D eigenvalue weighted by Crippen LogP contribution is -2.49. The number of cyclic esters (lactones) is 1. The van der Waals surface area contributed by atoms with Crippen LogP contribution >= 0.6 is 0 Å². The predicted octanol–water partition coefficient (Wildman–Crippen LogP) is 2.98. The summed E-state index contributed by atoms with van der Waals surface area (Å²) in [5, 5.41) is 0. The average Bonchev–Trinajstić information content (AvgIpc) is 3.13. The van der Waals surface area contributed by atoms with Crippen molar-refractivity contribution in [2.75, 3.05) is 32.7 Å². The number of carbonyl (C=O) groups is 2. The lowest BCUT2D eigenvalue weighted by atomic mass is 10.0. The molecule has 0 bridgehead atoms. The summed E-state index contributed by atoms with van der Waals surface area (Å²) in [6.45, 7) is 11.0. The van der Waals surface area contributed by atoms with Gasteiger partial charge in [-0.2, -0.15) is 0 Å². The second-order valence-electron chi connectivity index (χ2n) is 7.61. The highest BCUT2D eigenvalue weighted by atomic mass is 19.1. The van der Waals surface area contributed by atoms with E-state index >= 15 is 0 Å². The number of fused-ring (bicyclic) bond motifs is 1. The van der Waals surface area contributed by atoms with Crippen molar-refractivity contribution in [3.63, 3.8) is 0 Å². The number of amides is 1. The third kappa shape index (κ3) is 4.34. The molecule has 4 rings (SSSR count). The molecule has 0 aromatic heterocycles. The van der Waals surface area contributed by atoms with E-state index in [1.54, 1.807) is 18.2 Å². The Balaban J connectivity index is 1.26. The quantitative estimate of drug-likeness (QED) is 0.565. The Hall–Kier alpha value is -3.24. The third-order valence-corrected chi connectivity index (χ3v) is 5.68. The molecule has 0 unspecified atom stereocenters. The topological polar surface area (TPSA) is 54.2 Å². The number of ether oxygens (including phenoxy) is 1. The van der Waals surface area contributed by atoms with Crippen molar-refractivity contribution >= 4 is 17.6 Å². The fraction of sp³-hybridized carbons (Fsp3) is 0.348. The van der Waals surface area contributed by atoms with Crippen LogP contribution in [0.15, 0.2) is 36.4 Å². The van der Waals surface area contributed by atoms with Crippen molar-refractivity contribution in [1.82, 2.24) is 9.80 Å². The van der Waals surface area contributed by atoms with E-state index in [4.69, 9.17) is 11.3 Å². The standard InChI is InChI=1S/C23H22FN3O3/c1-25-21-13-16(3-5-20(21)24)6-7-26-8-10-27(11-9-26)22(28)14-17-2-4-19-18(12-17)15-30-23(19)29/h2-5,12-13H,6-11,14-15H2. The minimum atomic E-state index is -0.483. The van der Waals surface area contributed by atoms with Gasteiger partial charge in [-0.05, 0) is 24.1 Å². The van der Waals surface area contributed by atoms with E-state index in [-0.39, 0.29) is 24.2 Å². The molecule has 0 aliphatic carbocycles. The smallest absolute Gasteiger partial charge is 0.338 e. The molecule has 1 fully saturated rings. The number of hydrogen-bond donors (Lipinski definition) is 0. The molecule has 0 radical (unpaired) electrons. The van der Waals surface area contributed by atoms with Crippen LogP contribution in [0.3, 0.4) is 0 Å². The van der Waals surface area contributed by atoms with Crippen LogP contribution in [0.2, 0.25) is 0 Å². The largest absolute Gasteiger partial charge is 0.457 e. The summed E-state index contributed by atoms with van der Waals surface area (Å²) in [6, 6.07) is 10.1. The minimum Gasteiger partial charge on any atom is -0.457 e. The van der Waals surface area contributed by atoms with E-state index in [2.05, 4.69) is 9.74 Å². The Morgan fingerprint density at radius 1 is 1.10 bits per heavy atom. The monoisotopic (exact) mass is 407 g/mol. The summed E-state index contributed by atoms with van der Waals surface area (Å²) >= 11 is 0. The first kappa shape index (κ1) is 20.0. The lowest BCUT2D eigenvalue weighted by molar-refractivity contribution is -0.132. The summed E-state index contributed by atoms with van der Waals surface area (Å²) in [4.78, 5) is 31.6. The Kier molecular flexibility index (Phi) is 5.77. The molecule has 2 aliphatic rings. The van der Waals surface area contributed by atoms with Crippen molar-refractivity contribution < 1.29 is 18.7 Å². The van der Waals surface area contributed by atoms with Crippen molar-refractivity contribution in [2.45, 2.75) is 19.4 Å². The van der Waals surface area contributed by atoms with Gasteiger partial charge >= 0.3 is 5.97 Å². The molecule has 2 heterocycles. The van der Waals surface area contributed by atoms with Gasteiger partial charge in [0.2, 0.25) is 11.6 Å². The average molecular weight is 407 g/mol. The first-order valence-corrected chi connectivity index (χ1v) is 9.98. The highest BCUT2D eigenvalue weighted by Crippen LogP contribution is 2.22. The van der Waals surface area contributed by atoms with E-state index in [1.807, 2.05) is 17.0 Å². The molecular formula is C23H22FN3O3. The molecule has 0 spiro atoms. The predicted molar refractivity (Wildman–Crippen MR) is 109 cm³/mol.